The standard InChI is InChI=1S/C10H7S.C4H3S/c1-2-5-9(6-3-1)10-7-4-8-11-10;1-2-4-5-3-1/h1-7H;1-3H. The third kappa shape index (κ3) is 3.33. The molecule has 0 nitrogen and oxygen atoms in total. The Labute approximate surface area is 104 Å². The fourth-order valence-electron chi connectivity index (χ4n) is 1.20. The summed E-state index contributed by atoms with van der Waals surface area (Å²) in [5.74, 6) is 0. The van der Waals surface area contributed by atoms with Gasteiger partial charge in [0.2, 0.25) is 0 Å². The van der Waals surface area contributed by atoms with Crippen LogP contribution in [0.25, 0.3) is 10.4 Å². The second-order valence-corrected chi connectivity index (χ2v) is 4.64. The highest BCUT2D eigenvalue weighted by Crippen LogP contribution is 2.22. The predicted molar refractivity (Wildman–Crippen MR) is 71.7 cm³/mol. The van der Waals surface area contributed by atoms with Crippen LogP contribution in [0.2, 0.25) is 0 Å². The van der Waals surface area contributed by atoms with Gasteiger partial charge in [-0.15, -0.1) is 22.7 Å². The monoisotopic (exact) mass is 242 g/mol. The van der Waals surface area contributed by atoms with Crippen molar-refractivity contribution < 1.29 is 0 Å². The Bertz CT molecular complexity index is 449. The normalized spacial score (nSPS) is 9.25. The van der Waals surface area contributed by atoms with Crippen LogP contribution >= 0.6 is 22.7 Å². The Morgan fingerprint density at radius 1 is 0.812 bits per heavy atom. The Morgan fingerprint density at radius 3 is 2.19 bits per heavy atom. The molecular weight excluding hydrogens is 232 g/mol. The molecule has 3 rings (SSSR count). The van der Waals surface area contributed by atoms with E-state index < -0.39 is 0 Å². The van der Waals surface area contributed by atoms with E-state index in [9.17, 15) is 0 Å². The molecule has 3 aromatic rings. The van der Waals surface area contributed by atoms with Gasteiger partial charge < -0.3 is 0 Å². The summed E-state index contributed by atoms with van der Waals surface area (Å²) in [7, 11) is 0. The molecule has 0 atom stereocenters. The molecule has 2 aromatic heterocycles. The van der Waals surface area contributed by atoms with Crippen molar-refractivity contribution >= 4 is 22.7 Å². The van der Waals surface area contributed by atoms with E-state index in [1.54, 1.807) is 22.7 Å². The quantitative estimate of drug-likeness (QED) is 0.577. The summed E-state index contributed by atoms with van der Waals surface area (Å²) >= 11 is 3.24. The summed E-state index contributed by atoms with van der Waals surface area (Å²) in [6, 6.07) is 18.2. The molecule has 1 aromatic carbocycles. The van der Waals surface area contributed by atoms with Crippen molar-refractivity contribution in [3.63, 3.8) is 0 Å². The maximum atomic E-state index is 3.07. The largest absolute Gasteiger partial charge is 0.143 e. The van der Waals surface area contributed by atoms with Crippen LogP contribution in [-0.2, 0) is 0 Å². The molecule has 78 valence electrons. The molecule has 0 N–H and O–H groups in total. The number of rotatable bonds is 1. The van der Waals surface area contributed by atoms with Crippen LogP contribution in [0.1, 0.15) is 0 Å². The summed E-state index contributed by atoms with van der Waals surface area (Å²) in [6.07, 6.45) is 0. The highest BCUT2D eigenvalue weighted by Gasteiger charge is 1.94. The third-order valence-electron chi connectivity index (χ3n) is 1.91. The van der Waals surface area contributed by atoms with Crippen molar-refractivity contribution in [2.45, 2.75) is 0 Å². The summed E-state index contributed by atoms with van der Waals surface area (Å²) < 4.78 is 0. The van der Waals surface area contributed by atoms with Gasteiger partial charge in [-0.25, -0.2) is 0 Å². The highest BCUT2D eigenvalue weighted by molar-refractivity contribution is 7.13. The minimum absolute atomic E-state index is 1.28. The van der Waals surface area contributed by atoms with Crippen molar-refractivity contribution in [1.29, 1.82) is 0 Å². The molecule has 0 spiro atoms. The number of thiophene rings is 2. The molecule has 2 heteroatoms. The van der Waals surface area contributed by atoms with Crippen LogP contribution in [0, 0.1) is 10.8 Å². The van der Waals surface area contributed by atoms with Crippen molar-refractivity contribution in [1.82, 2.24) is 0 Å². The van der Waals surface area contributed by atoms with Crippen LogP contribution in [0.15, 0.2) is 60.0 Å². The number of benzene rings is 1. The molecule has 0 aliphatic carbocycles. The topological polar surface area (TPSA) is 0 Å². The lowest BCUT2D eigenvalue weighted by Gasteiger charge is -1.93. The van der Waals surface area contributed by atoms with Gasteiger partial charge >= 0.3 is 0 Å². The second kappa shape index (κ2) is 6.26. The van der Waals surface area contributed by atoms with Gasteiger partial charge in [-0.2, -0.15) is 0 Å². The SMILES string of the molecule is [c]1ccc(-c2ccccc2)s1.[c]1cccs1. The average Bonchev–Trinajstić information content (AvgIpc) is 3.07. The Kier molecular flexibility index (Phi) is 4.35. The zero-order valence-corrected chi connectivity index (χ0v) is 10.2. The Morgan fingerprint density at radius 2 is 1.69 bits per heavy atom. The van der Waals surface area contributed by atoms with E-state index in [-0.39, 0.29) is 0 Å². The molecule has 0 bridgehead atoms. The molecule has 2 radical (unpaired) electrons. The molecule has 2 heterocycles. The zero-order valence-electron chi connectivity index (χ0n) is 8.59. The number of hydrogen-bond acceptors (Lipinski definition) is 2. The van der Waals surface area contributed by atoms with E-state index in [1.165, 1.54) is 10.4 Å². The summed E-state index contributed by atoms with van der Waals surface area (Å²) in [6.45, 7) is 0. The van der Waals surface area contributed by atoms with Crippen LogP contribution in [-0.4, -0.2) is 0 Å². The van der Waals surface area contributed by atoms with Gasteiger partial charge in [0.05, 0.1) is 0 Å². The van der Waals surface area contributed by atoms with E-state index in [4.69, 9.17) is 0 Å². The van der Waals surface area contributed by atoms with Crippen molar-refractivity contribution in [2.75, 3.05) is 0 Å². The molecular formula is C14H10S2. The van der Waals surface area contributed by atoms with E-state index in [2.05, 4.69) is 41.1 Å². The van der Waals surface area contributed by atoms with Crippen LogP contribution < -0.4 is 0 Å². The van der Waals surface area contributed by atoms with E-state index in [1.807, 2.05) is 29.6 Å². The van der Waals surface area contributed by atoms with E-state index in [0.717, 1.165) is 0 Å². The molecule has 0 fully saturated rings. The van der Waals surface area contributed by atoms with Crippen molar-refractivity contribution in [3.05, 3.63) is 70.7 Å². The zero-order chi connectivity index (χ0) is 11.1. The van der Waals surface area contributed by atoms with E-state index in [0.29, 0.717) is 0 Å². The number of hydrogen-bond donors (Lipinski definition) is 0. The maximum Gasteiger partial charge on any atom is 0.0449 e. The predicted octanol–water partition coefficient (Wildman–Crippen LogP) is 4.76. The second-order valence-electron chi connectivity index (χ2n) is 3.01. The summed E-state index contributed by atoms with van der Waals surface area (Å²) in [5, 5.41) is 7.96. The maximum absolute atomic E-state index is 3.07. The van der Waals surface area contributed by atoms with Gasteiger partial charge in [-0.05, 0) is 29.1 Å². The lowest BCUT2D eigenvalue weighted by Crippen LogP contribution is -1.67. The average molecular weight is 242 g/mol. The van der Waals surface area contributed by atoms with Crippen molar-refractivity contribution in [3.8, 4) is 10.4 Å². The van der Waals surface area contributed by atoms with Gasteiger partial charge in [0.25, 0.3) is 0 Å². The van der Waals surface area contributed by atoms with Gasteiger partial charge in [-0.1, -0.05) is 36.4 Å². The van der Waals surface area contributed by atoms with Crippen LogP contribution in [0.3, 0.4) is 0 Å². The first-order valence-electron chi connectivity index (χ1n) is 4.87. The first-order chi connectivity index (χ1) is 7.97. The van der Waals surface area contributed by atoms with Crippen LogP contribution in [0.4, 0.5) is 0 Å². The van der Waals surface area contributed by atoms with Gasteiger partial charge in [0.1, 0.15) is 0 Å². The fourth-order valence-corrected chi connectivity index (χ4v) is 2.24. The van der Waals surface area contributed by atoms with Crippen molar-refractivity contribution in [2.24, 2.45) is 0 Å². The highest BCUT2D eigenvalue weighted by atomic mass is 32.1. The molecule has 0 aliphatic rings. The molecule has 0 aliphatic heterocycles. The first kappa shape index (κ1) is 11.1. The molecule has 0 saturated carbocycles. The minimum Gasteiger partial charge on any atom is -0.143 e. The Hall–Kier alpha value is -1.38. The first-order valence-corrected chi connectivity index (χ1v) is 6.57. The molecule has 0 saturated heterocycles. The van der Waals surface area contributed by atoms with Crippen LogP contribution in [0.5, 0.6) is 0 Å². The molecule has 0 unspecified atom stereocenters. The summed E-state index contributed by atoms with van der Waals surface area (Å²) in [5.41, 5.74) is 1.28. The third-order valence-corrected chi connectivity index (χ3v) is 3.32. The van der Waals surface area contributed by atoms with E-state index >= 15 is 0 Å². The van der Waals surface area contributed by atoms with Gasteiger partial charge in [-0.3, -0.25) is 0 Å². The molecule has 0 amide bonds. The minimum atomic E-state index is 1.28. The van der Waals surface area contributed by atoms with Gasteiger partial charge in [0.15, 0.2) is 0 Å². The Balaban J connectivity index is 0.000000162. The lowest BCUT2D eigenvalue weighted by atomic mass is 10.2. The smallest absolute Gasteiger partial charge is 0.0449 e. The summed E-state index contributed by atoms with van der Waals surface area (Å²) in [4.78, 5) is 1.28. The van der Waals surface area contributed by atoms with Gasteiger partial charge in [0, 0.05) is 15.6 Å². The lowest BCUT2D eigenvalue weighted by molar-refractivity contribution is 1.70. The fraction of sp³-hybridized carbons (Fsp3) is 0. The molecule has 16 heavy (non-hydrogen) atoms.